The minimum Gasteiger partial charge on any atom is -0.381 e. The third-order valence-electron chi connectivity index (χ3n) is 3.86. The van der Waals surface area contributed by atoms with Gasteiger partial charge in [0.2, 0.25) is 11.8 Å². The van der Waals surface area contributed by atoms with E-state index in [-0.39, 0.29) is 18.4 Å². The highest BCUT2D eigenvalue weighted by Crippen LogP contribution is 2.33. The molecule has 1 saturated heterocycles. The average Bonchev–Trinajstić information content (AvgIpc) is 2.50. The molecule has 7 heteroatoms. The van der Waals surface area contributed by atoms with E-state index in [4.69, 9.17) is 22.1 Å². The molecule has 4 N–H and O–H groups in total. The summed E-state index contributed by atoms with van der Waals surface area (Å²) in [5.74, 6) is -0.329. The summed E-state index contributed by atoms with van der Waals surface area (Å²) in [6, 6.07) is 4.94. The van der Waals surface area contributed by atoms with E-state index in [1.54, 1.807) is 18.2 Å². The number of ether oxygens (including phenoxy) is 1. The minimum absolute atomic E-state index is 0.146. The van der Waals surface area contributed by atoms with E-state index >= 15 is 0 Å². The number of nitrogens with one attached hydrogen (secondary N) is 2. The molecular formula is C15H20ClN3O3. The second-order valence-corrected chi connectivity index (χ2v) is 5.83. The van der Waals surface area contributed by atoms with E-state index in [2.05, 4.69) is 10.6 Å². The van der Waals surface area contributed by atoms with Crippen molar-refractivity contribution in [3.63, 3.8) is 0 Å². The van der Waals surface area contributed by atoms with Gasteiger partial charge in [0, 0.05) is 32.4 Å². The van der Waals surface area contributed by atoms with Crippen molar-refractivity contribution in [2.75, 3.05) is 30.4 Å². The topological polar surface area (TPSA) is 93.5 Å². The van der Waals surface area contributed by atoms with Crippen molar-refractivity contribution >= 4 is 34.8 Å². The van der Waals surface area contributed by atoms with Crippen molar-refractivity contribution in [1.82, 2.24) is 0 Å². The normalized spacial score (nSPS) is 16.9. The Bertz CT molecular complexity index is 571. The molecule has 1 aromatic carbocycles. The van der Waals surface area contributed by atoms with E-state index in [1.807, 2.05) is 0 Å². The van der Waals surface area contributed by atoms with Crippen LogP contribution in [-0.2, 0) is 14.3 Å². The lowest BCUT2D eigenvalue weighted by Crippen LogP contribution is -2.46. The van der Waals surface area contributed by atoms with E-state index in [0.717, 1.165) is 0 Å². The Labute approximate surface area is 134 Å². The van der Waals surface area contributed by atoms with Gasteiger partial charge in [-0.25, -0.2) is 0 Å². The highest BCUT2D eigenvalue weighted by molar-refractivity contribution is 6.34. The summed E-state index contributed by atoms with van der Waals surface area (Å²) in [7, 11) is 0. The fourth-order valence-corrected chi connectivity index (χ4v) is 2.67. The fourth-order valence-electron chi connectivity index (χ4n) is 2.44. The molecule has 0 unspecified atom stereocenters. The first kappa shape index (κ1) is 16.7. The number of nitrogens with two attached hydrogens (primary N) is 1. The maximum absolute atomic E-state index is 12.6. The number of rotatable bonds is 4. The highest BCUT2D eigenvalue weighted by Gasteiger charge is 2.38. The van der Waals surface area contributed by atoms with Crippen molar-refractivity contribution in [3.05, 3.63) is 23.2 Å². The molecule has 1 aromatic rings. The predicted octanol–water partition coefficient (Wildman–Crippen LogP) is 1.99. The maximum atomic E-state index is 12.6. The molecule has 0 atom stereocenters. The van der Waals surface area contributed by atoms with Crippen LogP contribution in [0.25, 0.3) is 0 Å². The van der Waals surface area contributed by atoms with Gasteiger partial charge in [0.05, 0.1) is 16.1 Å². The van der Waals surface area contributed by atoms with Crippen LogP contribution in [0.2, 0.25) is 5.02 Å². The zero-order valence-corrected chi connectivity index (χ0v) is 13.2. The Morgan fingerprint density at radius 1 is 1.32 bits per heavy atom. The molecule has 2 rings (SSSR count). The zero-order valence-electron chi connectivity index (χ0n) is 12.4. The largest absolute Gasteiger partial charge is 0.381 e. The lowest BCUT2D eigenvalue weighted by atomic mass is 9.79. The van der Waals surface area contributed by atoms with Gasteiger partial charge < -0.3 is 21.1 Å². The molecule has 6 nitrogen and oxygen atoms in total. The van der Waals surface area contributed by atoms with Crippen LogP contribution in [0.3, 0.4) is 0 Å². The van der Waals surface area contributed by atoms with Crippen LogP contribution >= 0.6 is 11.6 Å². The summed E-state index contributed by atoms with van der Waals surface area (Å²) in [5.41, 5.74) is 6.28. The van der Waals surface area contributed by atoms with Crippen molar-refractivity contribution in [1.29, 1.82) is 0 Å². The van der Waals surface area contributed by atoms with Gasteiger partial charge in [-0.2, -0.15) is 0 Å². The lowest BCUT2D eigenvalue weighted by molar-refractivity contribution is -0.130. The predicted molar refractivity (Wildman–Crippen MR) is 85.9 cm³/mol. The molecule has 22 heavy (non-hydrogen) atoms. The van der Waals surface area contributed by atoms with Gasteiger partial charge in [-0.1, -0.05) is 11.6 Å². The molecular weight excluding hydrogens is 306 g/mol. The second kappa shape index (κ2) is 7.09. The monoisotopic (exact) mass is 325 g/mol. The van der Waals surface area contributed by atoms with E-state index in [0.29, 0.717) is 42.5 Å². The molecule has 1 aliphatic rings. The van der Waals surface area contributed by atoms with Crippen LogP contribution in [0, 0.1) is 5.41 Å². The highest BCUT2D eigenvalue weighted by atomic mass is 35.5. The molecule has 1 heterocycles. The first-order valence-electron chi connectivity index (χ1n) is 7.13. The van der Waals surface area contributed by atoms with Crippen molar-refractivity contribution in [3.8, 4) is 0 Å². The number of hydrogen-bond acceptors (Lipinski definition) is 4. The van der Waals surface area contributed by atoms with Crippen LogP contribution in [0.1, 0.15) is 19.8 Å². The molecule has 0 aliphatic carbocycles. The number of benzene rings is 1. The van der Waals surface area contributed by atoms with Crippen LogP contribution in [0.5, 0.6) is 0 Å². The first-order chi connectivity index (χ1) is 10.5. The van der Waals surface area contributed by atoms with Gasteiger partial charge in [0.25, 0.3) is 0 Å². The molecule has 0 radical (unpaired) electrons. The van der Waals surface area contributed by atoms with Gasteiger partial charge in [0.15, 0.2) is 0 Å². The summed E-state index contributed by atoms with van der Waals surface area (Å²) in [6.07, 6.45) is 1.19. The van der Waals surface area contributed by atoms with E-state index < -0.39 is 5.41 Å². The van der Waals surface area contributed by atoms with Crippen LogP contribution in [0.4, 0.5) is 11.4 Å². The van der Waals surface area contributed by atoms with Gasteiger partial charge in [0.1, 0.15) is 0 Å². The number of hydrogen-bond donors (Lipinski definition) is 3. The van der Waals surface area contributed by atoms with Crippen molar-refractivity contribution < 1.29 is 14.3 Å². The van der Waals surface area contributed by atoms with E-state index in [9.17, 15) is 9.59 Å². The number of carbonyl (C=O) groups excluding carboxylic acids is 2. The SMILES string of the molecule is CC(=O)Nc1ccc(NC(=O)C2(CN)CCOCC2)c(Cl)c1. The molecule has 0 aromatic heterocycles. The van der Waals surface area contributed by atoms with Gasteiger partial charge in [-0.3, -0.25) is 9.59 Å². The van der Waals surface area contributed by atoms with Crippen LogP contribution < -0.4 is 16.4 Å². The third kappa shape index (κ3) is 3.76. The average molecular weight is 326 g/mol. The first-order valence-corrected chi connectivity index (χ1v) is 7.51. The molecule has 0 bridgehead atoms. The zero-order chi connectivity index (χ0) is 16.2. The Kier molecular flexibility index (Phi) is 5.39. The third-order valence-corrected chi connectivity index (χ3v) is 4.17. The molecule has 1 fully saturated rings. The molecule has 2 amide bonds. The number of halogens is 1. The van der Waals surface area contributed by atoms with Gasteiger partial charge in [-0.05, 0) is 31.0 Å². The quantitative estimate of drug-likeness (QED) is 0.789. The maximum Gasteiger partial charge on any atom is 0.232 e. The Morgan fingerprint density at radius 2 is 2.00 bits per heavy atom. The van der Waals surface area contributed by atoms with Crippen LogP contribution in [0.15, 0.2) is 18.2 Å². The second-order valence-electron chi connectivity index (χ2n) is 5.43. The summed E-state index contributed by atoms with van der Waals surface area (Å²) in [6.45, 7) is 2.74. The number of anilines is 2. The van der Waals surface area contributed by atoms with E-state index in [1.165, 1.54) is 6.92 Å². The van der Waals surface area contributed by atoms with Gasteiger partial charge in [-0.15, -0.1) is 0 Å². The summed E-state index contributed by atoms with van der Waals surface area (Å²) < 4.78 is 5.30. The van der Waals surface area contributed by atoms with Gasteiger partial charge >= 0.3 is 0 Å². The Balaban J connectivity index is 2.12. The molecule has 1 aliphatic heterocycles. The number of carbonyl (C=O) groups is 2. The minimum atomic E-state index is -0.613. The molecule has 120 valence electrons. The Morgan fingerprint density at radius 3 is 2.55 bits per heavy atom. The standard InChI is InChI=1S/C15H20ClN3O3/c1-10(20)18-11-2-3-13(12(16)8-11)19-14(21)15(9-17)4-6-22-7-5-15/h2-3,8H,4-7,9,17H2,1H3,(H,18,20)(H,19,21). The summed E-state index contributed by atoms with van der Waals surface area (Å²) in [5, 5.41) is 5.83. The lowest BCUT2D eigenvalue weighted by Gasteiger charge is -2.34. The van der Waals surface area contributed by atoms with Crippen molar-refractivity contribution in [2.45, 2.75) is 19.8 Å². The summed E-state index contributed by atoms with van der Waals surface area (Å²) >= 11 is 6.16. The molecule has 0 saturated carbocycles. The smallest absolute Gasteiger partial charge is 0.232 e. The fraction of sp³-hybridized carbons (Fsp3) is 0.467. The van der Waals surface area contributed by atoms with Crippen molar-refractivity contribution in [2.24, 2.45) is 11.1 Å². The Hall–Kier alpha value is -1.63. The van der Waals surface area contributed by atoms with Crippen LogP contribution in [-0.4, -0.2) is 31.6 Å². The summed E-state index contributed by atoms with van der Waals surface area (Å²) in [4.78, 5) is 23.6. The molecule has 0 spiro atoms. The number of amides is 2.